The van der Waals surface area contributed by atoms with Gasteiger partial charge in [-0.25, -0.2) is 4.98 Å². The molecule has 0 amide bonds. The van der Waals surface area contributed by atoms with Crippen molar-refractivity contribution in [1.29, 1.82) is 5.41 Å². The van der Waals surface area contributed by atoms with Crippen LogP contribution in [0.5, 0.6) is 5.88 Å². The van der Waals surface area contributed by atoms with E-state index in [1.54, 1.807) is 13.0 Å². The van der Waals surface area contributed by atoms with Gasteiger partial charge in [-0.1, -0.05) is 0 Å². The van der Waals surface area contributed by atoms with Crippen molar-refractivity contribution in [2.24, 2.45) is 5.73 Å². The Morgan fingerprint density at radius 1 is 1.57 bits per heavy atom. The first-order valence-corrected chi connectivity index (χ1v) is 4.42. The monoisotopic (exact) mass is 194 g/mol. The first-order valence-electron chi connectivity index (χ1n) is 4.42. The predicted molar refractivity (Wildman–Crippen MR) is 53.6 cm³/mol. The standard InChI is InChI=1S/C9H14N4O/c1-3-14-9-5-7(4-8(10)11)12-6(2)13-9/h5H,3-4H2,1-2H3,(H3,10,11). The van der Waals surface area contributed by atoms with Crippen LogP contribution in [-0.4, -0.2) is 22.4 Å². The quantitative estimate of drug-likeness (QED) is 0.544. The van der Waals surface area contributed by atoms with Crippen LogP contribution in [0.15, 0.2) is 6.07 Å². The highest BCUT2D eigenvalue weighted by Crippen LogP contribution is 2.09. The van der Waals surface area contributed by atoms with Crippen molar-refractivity contribution in [1.82, 2.24) is 9.97 Å². The van der Waals surface area contributed by atoms with Gasteiger partial charge >= 0.3 is 0 Å². The molecule has 14 heavy (non-hydrogen) atoms. The summed E-state index contributed by atoms with van der Waals surface area (Å²) in [7, 11) is 0. The van der Waals surface area contributed by atoms with E-state index in [4.69, 9.17) is 15.9 Å². The zero-order valence-electron chi connectivity index (χ0n) is 8.37. The molecule has 0 aliphatic carbocycles. The second-order valence-corrected chi connectivity index (χ2v) is 2.88. The van der Waals surface area contributed by atoms with Crippen molar-refractivity contribution in [3.05, 3.63) is 17.6 Å². The first kappa shape index (κ1) is 10.4. The van der Waals surface area contributed by atoms with Crippen molar-refractivity contribution in [3.8, 4) is 5.88 Å². The zero-order chi connectivity index (χ0) is 10.6. The summed E-state index contributed by atoms with van der Waals surface area (Å²) in [5.74, 6) is 1.26. The van der Waals surface area contributed by atoms with Crippen molar-refractivity contribution in [2.45, 2.75) is 20.3 Å². The van der Waals surface area contributed by atoms with Gasteiger partial charge in [-0.3, -0.25) is 5.41 Å². The number of nitrogens with one attached hydrogen (secondary N) is 1. The molecule has 1 heterocycles. The number of hydrogen-bond donors (Lipinski definition) is 2. The normalized spacial score (nSPS) is 9.86. The Balaban J connectivity index is 2.88. The van der Waals surface area contributed by atoms with Crippen LogP contribution in [0.3, 0.4) is 0 Å². The van der Waals surface area contributed by atoms with Crippen LogP contribution in [0.1, 0.15) is 18.4 Å². The average molecular weight is 194 g/mol. The Bertz CT molecular complexity index is 338. The third kappa shape index (κ3) is 3.01. The van der Waals surface area contributed by atoms with Crippen molar-refractivity contribution >= 4 is 5.84 Å². The molecule has 5 heteroatoms. The van der Waals surface area contributed by atoms with Gasteiger partial charge in [-0.15, -0.1) is 0 Å². The second-order valence-electron chi connectivity index (χ2n) is 2.88. The smallest absolute Gasteiger partial charge is 0.216 e. The van der Waals surface area contributed by atoms with Crippen LogP contribution in [0.4, 0.5) is 0 Å². The maximum absolute atomic E-state index is 7.15. The first-order chi connectivity index (χ1) is 6.61. The number of rotatable bonds is 4. The van der Waals surface area contributed by atoms with E-state index in [2.05, 4.69) is 9.97 Å². The van der Waals surface area contributed by atoms with Gasteiger partial charge < -0.3 is 10.5 Å². The number of ether oxygens (including phenoxy) is 1. The van der Waals surface area contributed by atoms with E-state index in [9.17, 15) is 0 Å². The minimum Gasteiger partial charge on any atom is -0.478 e. The highest BCUT2D eigenvalue weighted by atomic mass is 16.5. The molecule has 1 aromatic rings. The van der Waals surface area contributed by atoms with E-state index >= 15 is 0 Å². The van der Waals surface area contributed by atoms with Crippen LogP contribution in [0, 0.1) is 12.3 Å². The molecule has 1 rings (SSSR count). The number of amidine groups is 1. The van der Waals surface area contributed by atoms with Gasteiger partial charge in [0.05, 0.1) is 18.1 Å². The molecule has 1 aromatic heterocycles. The summed E-state index contributed by atoms with van der Waals surface area (Å²) in [6.07, 6.45) is 0.337. The van der Waals surface area contributed by atoms with Crippen LogP contribution in [0.25, 0.3) is 0 Å². The summed E-state index contributed by atoms with van der Waals surface area (Å²) in [6.45, 7) is 4.24. The zero-order valence-corrected chi connectivity index (χ0v) is 8.37. The van der Waals surface area contributed by atoms with Gasteiger partial charge in [0.25, 0.3) is 0 Å². The molecule has 0 bridgehead atoms. The van der Waals surface area contributed by atoms with Gasteiger partial charge in [0, 0.05) is 12.5 Å². The maximum Gasteiger partial charge on any atom is 0.216 e. The number of nitrogens with two attached hydrogens (primary N) is 1. The summed E-state index contributed by atoms with van der Waals surface area (Å²) >= 11 is 0. The third-order valence-electron chi connectivity index (χ3n) is 1.53. The molecule has 76 valence electrons. The summed E-state index contributed by atoms with van der Waals surface area (Å²) in [6, 6.07) is 1.71. The minimum absolute atomic E-state index is 0.0885. The van der Waals surface area contributed by atoms with Crippen LogP contribution in [-0.2, 0) is 6.42 Å². The number of hydrogen-bond acceptors (Lipinski definition) is 4. The van der Waals surface area contributed by atoms with E-state index in [0.29, 0.717) is 30.4 Å². The number of aromatic nitrogens is 2. The molecule has 0 radical (unpaired) electrons. The highest BCUT2D eigenvalue weighted by Gasteiger charge is 2.03. The topological polar surface area (TPSA) is 84.9 Å². The molecule has 5 nitrogen and oxygen atoms in total. The Labute approximate surface area is 82.8 Å². The number of aryl methyl sites for hydroxylation is 1. The average Bonchev–Trinajstić information content (AvgIpc) is 2.01. The lowest BCUT2D eigenvalue weighted by atomic mass is 10.3. The Morgan fingerprint density at radius 3 is 2.86 bits per heavy atom. The summed E-state index contributed by atoms with van der Waals surface area (Å²) in [5.41, 5.74) is 6.00. The lowest BCUT2D eigenvalue weighted by Gasteiger charge is -2.05. The van der Waals surface area contributed by atoms with E-state index < -0.39 is 0 Å². The fourth-order valence-electron chi connectivity index (χ4n) is 1.11. The Morgan fingerprint density at radius 2 is 2.29 bits per heavy atom. The molecule has 0 saturated carbocycles. The van der Waals surface area contributed by atoms with Gasteiger partial charge in [0.2, 0.25) is 5.88 Å². The molecule has 0 spiro atoms. The van der Waals surface area contributed by atoms with Gasteiger partial charge in [-0.2, -0.15) is 4.98 Å². The highest BCUT2D eigenvalue weighted by molar-refractivity contribution is 5.79. The van der Waals surface area contributed by atoms with Gasteiger partial charge in [0.1, 0.15) is 5.82 Å². The molecule has 0 aliphatic rings. The van der Waals surface area contributed by atoms with Gasteiger partial charge in [-0.05, 0) is 13.8 Å². The number of nitrogens with zero attached hydrogens (tertiary/aromatic N) is 2. The minimum atomic E-state index is 0.0885. The molecule has 0 fully saturated rings. The molecule has 3 N–H and O–H groups in total. The van der Waals surface area contributed by atoms with Crippen LogP contribution >= 0.6 is 0 Å². The summed E-state index contributed by atoms with van der Waals surface area (Å²) in [5, 5.41) is 7.15. The molecule has 0 atom stereocenters. The van der Waals surface area contributed by atoms with Crippen LogP contribution < -0.4 is 10.5 Å². The molecule has 0 saturated heterocycles. The van der Waals surface area contributed by atoms with Crippen molar-refractivity contribution in [3.63, 3.8) is 0 Å². The largest absolute Gasteiger partial charge is 0.478 e. The SMILES string of the molecule is CCOc1cc(CC(=N)N)nc(C)n1. The summed E-state index contributed by atoms with van der Waals surface area (Å²) in [4.78, 5) is 8.23. The van der Waals surface area contributed by atoms with E-state index in [1.165, 1.54) is 0 Å². The van der Waals surface area contributed by atoms with Gasteiger partial charge in [0.15, 0.2) is 0 Å². The van der Waals surface area contributed by atoms with E-state index in [-0.39, 0.29) is 5.84 Å². The Hall–Kier alpha value is -1.65. The fourth-order valence-corrected chi connectivity index (χ4v) is 1.11. The molecular formula is C9H14N4O. The molecule has 0 aliphatic heterocycles. The molecule has 0 unspecified atom stereocenters. The lowest BCUT2D eigenvalue weighted by Crippen LogP contribution is -2.14. The molecular weight excluding hydrogens is 180 g/mol. The predicted octanol–water partition coefficient (Wildman–Crippen LogP) is 0.662. The van der Waals surface area contributed by atoms with Crippen molar-refractivity contribution in [2.75, 3.05) is 6.61 Å². The summed E-state index contributed by atoms with van der Waals surface area (Å²) < 4.78 is 5.25. The van der Waals surface area contributed by atoms with Crippen molar-refractivity contribution < 1.29 is 4.74 Å². The maximum atomic E-state index is 7.15. The Kier molecular flexibility index (Phi) is 3.39. The van der Waals surface area contributed by atoms with E-state index in [0.717, 1.165) is 0 Å². The molecule has 0 aromatic carbocycles. The van der Waals surface area contributed by atoms with E-state index in [1.807, 2.05) is 6.92 Å². The lowest BCUT2D eigenvalue weighted by molar-refractivity contribution is 0.325. The fraction of sp³-hybridized carbons (Fsp3) is 0.444. The second kappa shape index (κ2) is 4.55. The third-order valence-corrected chi connectivity index (χ3v) is 1.53. The van der Waals surface area contributed by atoms with Crippen LogP contribution in [0.2, 0.25) is 0 Å².